The Kier molecular flexibility index (Phi) is 4.04. The van der Waals surface area contributed by atoms with Crippen LogP contribution in [0.25, 0.3) is 0 Å². The molecule has 0 N–H and O–H groups in total. The van der Waals surface area contributed by atoms with Crippen LogP contribution in [0, 0.1) is 6.42 Å². The second-order valence-electron chi connectivity index (χ2n) is 4.38. The number of halogens is 2. The molecule has 2 unspecified atom stereocenters. The van der Waals surface area contributed by atoms with Crippen molar-refractivity contribution in [3.05, 3.63) is 59.5 Å². The molecular weight excluding hydrogens is 267 g/mol. The van der Waals surface area contributed by atoms with Crippen LogP contribution in [0.3, 0.4) is 0 Å². The van der Waals surface area contributed by atoms with Gasteiger partial charge in [-0.05, 0) is 23.8 Å². The Balaban J connectivity index is 2.28. The number of benzene rings is 1. The fourth-order valence-corrected chi connectivity index (χ4v) is 2.66. The summed E-state index contributed by atoms with van der Waals surface area (Å²) in [5.41, 5.74) is 1.12. The maximum absolute atomic E-state index is 6.64. The summed E-state index contributed by atoms with van der Waals surface area (Å²) in [6, 6.07) is 7.94. The minimum absolute atomic E-state index is 0.105. The fraction of sp³-hybridized carbons (Fsp3) is 0.267. The van der Waals surface area contributed by atoms with E-state index in [1.165, 1.54) is 0 Å². The van der Waals surface area contributed by atoms with Crippen molar-refractivity contribution in [1.29, 1.82) is 0 Å². The Labute approximate surface area is 118 Å². The third-order valence-electron chi connectivity index (χ3n) is 3.22. The van der Waals surface area contributed by atoms with Crippen LogP contribution in [0.15, 0.2) is 47.5 Å². The van der Waals surface area contributed by atoms with Crippen molar-refractivity contribution in [2.24, 2.45) is 0 Å². The number of ether oxygens (including phenoxy) is 1. The number of rotatable bonds is 3. The van der Waals surface area contributed by atoms with Gasteiger partial charge in [-0.1, -0.05) is 42.8 Å². The van der Waals surface area contributed by atoms with Crippen LogP contribution in [0.2, 0.25) is 0 Å². The van der Waals surface area contributed by atoms with Gasteiger partial charge in [0.05, 0.1) is 12.0 Å². The van der Waals surface area contributed by atoms with E-state index >= 15 is 0 Å². The van der Waals surface area contributed by atoms with Crippen molar-refractivity contribution in [1.82, 2.24) is 0 Å². The average molecular weight is 282 g/mol. The highest BCUT2D eigenvalue weighted by molar-refractivity contribution is 6.34. The average Bonchev–Trinajstić information content (AvgIpc) is 2.37. The molecule has 0 aromatic heterocycles. The van der Waals surface area contributed by atoms with Gasteiger partial charge in [0, 0.05) is 17.4 Å². The topological polar surface area (TPSA) is 9.23 Å². The lowest BCUT2D eigenvalue weighted by Gasteiger charge is -2.32. The predicted octanol–water partition coefficient (Wildman–Crippen LogP) is 4.67. The molecule has 3 heteroatoms. The zero-order chi connectivity index (χ0) is 13.2. The highest BCUT2D eigenvalue weighted by Gasteiger charge is 2.34. The lowest BCUT2D eigenvalue weighted by molar-refractivity contribution is 0.413. The quantitative estimate of drug-likeness (QED) is 0.732. The first-order valence-corrected chi connectivity index (χ1v) is 6.54. The number of alkyl halides is 1. The molecular formula is C15H15Cl2O. The van der Waals surface area contributed by atoms with Crippen LogP contribution in [-0.4, -0.2) is 12.0 Å². The van der Waals surface area contributed by atoms with E-state index in [0.29, 0.717) is 5.03 Å². The molecule has 0 saturated carbocycles. The van der Waals surface area contributed by atoms with Gasteiger partial charge >= 0.3 is 0 Å². The number of hydrogen-bond acceptors (Lipinski definition) is 1. The molecule has 1 aliphatic rings. The van der Waals surface area contributed by atoms with Crippen molar-refractivity contribution >= 4 is 23.2 Å². The third kappa shape index (κ3) is 2.73. The minimum atomic E-state index is -0.585. The van der Waals surface area contributed by atoms with Gasteiger partial charge in [0.1, 0.15) is 5.75 Å². The van der Waals surface area contributed by atoms with Crippen LogP contribution in [0.1, 0.15) is 18.4 Å². The van der Waals surface area contributed by atoms with Crippen molar-refractivity contribution < 1.29 is 4.74 Å². The number of allylic oxidation sites excluding steroid dienone is 4. The minimum Gasteiger partial charge on any atom is -0.497 e. The molecule has 0 heterocycles. The Morgan fingerprint density at radius 2 is 2.11 bits per heavy atom. The predicted molar refractivity (Wildman–Crippen MR) is 77.4 cm³/mol. The van der Waals surface area contributed by atoms with Gasteiger partial charge in [-0.2, -0.15) is 0 Å². The van der Waals surface area contributed by atoms with E-state index in [-0.39, 0.29) is 5.92 Å². The summed E-state index contributed by atoms with van der Waals surface area (Å²) < 4.78 is 5.24. The molecule has 0 spiro atoms. The lowest BCUT2D eigenvalue weighted by atomic mass is 9.82. The van der Waals surface area contributed by atoms with Crippen molar-refractivity contribution in [3.8, 4) is 5.75 Å². The summed E-state index contributed by atoms with van der Waals surface area (Å²) >= 11 is 12.7. The Morgan fingerprint density at radius 1 is 1.33 bits per heavy atom. The van der Waals surface area contributed by atoms with Crippen molar-refractivity contribution in [2.45, 2.75) is 17.7 Å². The molecule has 2 atom stereocenters. The van der Waals surface area contributed by atoms with Gasteiger partial charge in [-0.25, -0.2) is 0 Å². The Bertz CT molecular complexity index is 493. The van der Waals surface area contributed by atoms with E-state index in [9.17, 15) is 0 Å². The molecule has 0 bridgehead atoms. The summed E-state index contributed by atoms with van der Waals surface area (Å²) in [7, 11) is 1.66. The van der Waals surface area contributed by atoms with E-state index < -0.39 is 4.87 Å². The standard InChI is InChI=1S/C15H15Cl2O/c1-11(12-5-3-7-14(9-12)18-2)15(17)8-4-6-13(16)10-15/h3-11H,1-2H3. The summed E-state index contributed by atoms with van der Waals surface area (Å²) in [5.74, 6) is 0.939. The monoisotopic (exact) mass is 281 g/mol. The summed E-state index contributed by atoms with van der Waals surface area (Å²) in [6.07, 6.45) is 7.57. The largest absolute Gasteiger partial charge is 0.497 e. The normalized spacial score (nSPS) is 24.6. The molecule has 0 aliphatic heterocycles. The molecule has 2 rings (SSSR count). The van der Waals surface area contributed by atoms with Crippen molar-refractivity contribution in [3.63, 3.8) is 0 Å². The van der Waals surface area contributed by atoms with Crippen molar-refractivity contribution in [2.75, 3.05) is 7.11 Å². The lowest BCUT2D eigenvalue weighted by Crippen LogP contribution is -2.28. The van der Waals surface area contributed by atoms with Gasteiger partial charge in [-0.15, -0.1) is 11.6 Å². The third-order valence-corrected chi connectivity index (χ3v) is 4.02. The van der Waals surface area contributed by atoms with Crippen LogP contribution < -0.4 is 4.74 Å². The van der Waals surface area contributed by atoms with Gasteiger partial charge in [-0.3, -0.25) is 0 Å². The molecule has 1 aromatic carbocycles. The molecule has 0 amide bonds. The van der Waals surface area contributed by atoms with E-state index in [2.05, 4.69) is 6.92 Å². The van der Waals surface area contributed by atoms with E-state index in [0.717, 1.165) is 11.3 Å². The molecule has 1 aromatic rings. The number of methoxy groups -OCH3 is 1. The van der Waals surface area contributed by atoms with Gasteiger partial charge in [0.2, 0.25) is 0 Å². The first-order valence-electron chi connectivity index (χ1n) is 5.79. The van der Waals surface area contributed by atoms with E-state index in [1.54, 1.807) is 7.11 Å². The highest BCUT2D eigenvalue weighted by atomic mass is 35.5. The molecule has 1 radical (unpaired) electrons. The molecule has 95 valence electrons. The van der Waals surface area contributed by atoms with Crippen LogP contribution in [-0.2, 0) is 0 Å². The molecule has 18 heavy (non-hydrogen) atoms. The Hall–Kier alpha value is -0.920. The Morgan fingerprint density at radius 3 is 2.78 bits per heavy atom. The molecule has 1 nitrogen and oxygen atoms in total. The zero-order valence-electron chi connectivity index (χ0n) is 10.4. The maximum Gasteiger partial charge on any atom is 0.119 e. The van der Waals surface area contributed by atoms with Gasteiger partial charge < -0.3 is 4.74 Å². The van der Waals surface area contributed by atoms with Crippen LogP contribution >= 0.6 is 23.2 Å². The highest BCUT2D eigenvalue weighted by Crippen LogP contribution is 2.42. The zero-order valence-corrected chi connectivity index (χ0v) is 11.9. The second kappa shape index (κ2) is 5.38. The SMILES string of the molecule is COc1cccc(C(C)C2(Cl)[CH]C(Cl)=CC=C2)c1. The molecule has 0 saturated heterocycles. The van der Waals surface area contributed by atoms with Gasteiger partial charge in [0.25, 0.3) is 0 Å². The second-order valence-corrected chi connectivity index (χ2v) is 5.47. The molecule has 0 fully saturated rings. The number of hydrogen-bond donors (Lipinski definition) is 0. The molecule has 1 aliphatic carbocycles. The van der Waals surface area contributed by atoms with Crippen LogP contribution in [0.4, 0.5) is 0 Å². The first kappa shape index (κ1) is 13.5. The van der Waals surface area contributed by atoms with E-state index in [4.69, 9.17) is 27.9 Å². The first-order chi connectivity index (χ1) is 8.55. The van der Waals surface area contributed by atoms with E-state index in [1.807, 2.05) is 48.9 Å². The summed E-state index contributed by atoms with van der Waals surface area (Å²) in [5, 5.41) is 0.669. The maximum atomic E-state index is 6.64. The van der Waals surface area contributed by atoms with Gasteiger partial charge in [0.15, 0.2) is 0 Å². The van der Waals surface area contributed by atoms with Crippen LogP contribution in [0.5, 0.6) is 5.75 Å². The summed E-state index contributed by atoms with van der Waals surface area (Å²) in [4.78, 5) is -0.585. The summed E-state index contributed by atoms with van der Waals surface area (Å²) in [6.45, 7) is 2.08. The smallest absolute Gasteiger partial charge is 0.119 e. The fourth-order valence-electron chi connectivity index (χ4n) is 2.03.